The third kappa shape index (κ3) is 1.96. The Hall–Kier alpha value is -1.59. The highest BCUT2D eigenvalue weighted by Gasteiger charge is 1.98. The second-order valence-electron chi connectivity index (χ2n) is 2.07. The van der Waals surface area contributed by atoms with Gasteiger partial charge in [0, 0.05) is 14.6 Å². The lowest BCUT2D eigenvalue weighted by molar-refractivity contribution is 1.20. The Bertz CT molecular complexity index is 455. The maximum atomic E-state index is 10.7. The van der Waals surface area contributed by atoms with Gasteiger partial charge in [-0.2, -0.15) is 0 Å². The molecule has 13 heavy (non-hydrogen) atoms. The first-order valence-corrected chi connectivity index (χ1v) is 3.96. The normalized spacial score (nSPS) is 9.38. The minimum Gasteiger partial charge on any atom is -0.289 e. The van der Waals surface area contributed by atoms with E-state index in [0.29, 0.717) is 11.3 Å². The molecule has 2 heterocycles. The predicted octanol–water partition coefficient (Wildman–Crippen LogP) is -0.0418. The Morgan fingerprint density at radius 3 is 2.69 bits per heavy atom. The van der Waals surface area contributed by atoms with Gasteiger partial charge >= 0.3 is 5.69 Å². The summed E-state index contributed by atoms with van der Waals surface area (Å²) in [6.07, 6.45) is 1.38. The fraction of sp³-hybridized carbons (Fsp3) is 0.286. The van der Waals surface area contributed by atoms with E-state index in [4.69, 9.17) is 7.85 Å². The van der Waals surface area contributed by atoms with Crippen LogP contribution in [0.4, 0.5) is 0 Å². The zero-order valence-corrected chi connectivity index (χ0v) is 7.46. The molecule has 0 amide bonds. The predicted molar refractivity (Wildman–Crippen MR) is 55.5 cm³/mol. The summed E-state index contributed by atoms with van der Waals surface area (Å²) in [7, 11) is 5.32. The molecular weight excluding hydrogens is 167 g/mol. The highest BCUT2D eigenvalue weighted by atomic mass is 16.1. The molecule has 2 aromatic rings. The van der Waals surface area contributed by atoms with Crippen LogP contribution >= 0.6 is 0 Å². The lowest BCUT2D eigenvalue weighted by Gasteiger charge is -1.88. The average Bonchev–Trinajstić information content (AvgIpc) is 2.48. The number of hydrogen-bond acceptors (Lipinski definition) is 3. The van der Waals surface area contributed by atoms with Crippen molar-refractivity contribution < 1.29 is 2.85 Å². The van der Waals surface area contributed by atoms with Crippen molar-refractivity contribution in [2.45, 2.75) is 13.8 Å². The molecule has 2 radical (unpaired) electrons. The van der Waals surface area contributed by atoms with Crippen LogP contribution in [0.3, 0.4) is 0 Å². The molecule has 70 valence electrons. The highest BCUT2D eigenvalue weighted by molar-refractivity contribution is 6.30. The van der Waals surface area contributed by atoms with Gasteiger partial charge in [0.05, 0.1) is 0 Å². The fourth-order valence-electron chi connectivity index (χ4n) is 0.828. The van der Waals surface area contributed by atoms with Gasteiger partial charge in [-0.15, -0.1) is 0 Å². The van der Waals surface area contributed by atoms with Crippen LogP contribution in [0.15, 0.2) is 11.0 Å². The monoisotopic (exact) mass is 180 g/mol. The van der Waals surface area contributed by atoms with Crippen molar-refractivity contribution in [3.63, 3.8) is 0 Å². The highest BCUT2D eigenvalue weighted by Crippen LogP contribution is 1.92. The smallest absolute Gasteiger partial charge is 0.289 e. The number of rotatable bonds is 0. The van der Waals surface area contributed by atoms with Crippen LogP contribution in [-0.4, -0.2) is 27.8 Å². The summed E-state index contributed by atoms with van der Waals surface area (Å²) in [4.78, 5) is 23.2. The summed E-state index contributed by atoms with van der Waals surface area (Å²) >= 11 is 0. The van der Waals surface area contributed by atoms with Crippen molar-refractivity contribution in [2.24, 2.45) is 0 Å². The van der Waals surface area contributed by atoms with Gasteiger partial charge in [0.1, 0.15) is 7.85 Å². The van der Waals surface area contributed by atoms with E-state index in [-0.39, 0.29) is 14.1 Å². The topological polar surface area (TPSA) is 74.4 Å². The van der Waals surface area contributed by atoms with Crippen molar-refractivity contribution in [1.29, 1.82) is 0 Å². The Kier molecular flexibility index (Phi) is 2.84. The van der Waals surface area contributed by atoms with Crippen molar-refractivity contribution in [1.82, 2.24) is 19.9 Å². The number of imidazole rings is 1. The molecule has 0 aromatic carbocycles. The van der Waals surface area contributed by atoms with Crippen molar-refractivity contribution in [2.75, 3.05) is 0 Å². The number of nitrogens with zero attached hydrogens (tertiary/aromatic N) is 2. The fourth-order valence-corrected chi connectivity index (χ4v) is 0.828. The zero-order chi connectivity index (χ0) is 9.84. The van der Waals surface area contributed by atoms with E-state index in [9.17, 15) is 4.79 Å². The van der Waals surface area contributed by atoms with Crippen LogP contribution < -0.4 is 11.3 Å². The largest absolute Gasteiger partial charge is 0.326 e. The van der Waals surface area contributed by atoms with Crippen LogP contribution in [-0.2, 0) is 0 Å². The summed E-state index contributed by atoms with van der Waals surface area (Å²) in [5, 5.41) is 0. The second-order valence-corrected chi connectivity index (χ2v) is 2.07. The molecule has 0 bridgehead atoms. The number of aromatic nitrogens is 4. The van der Waals surface area contributed by atoms with Crippen LogP contribution in [0.1, 0.15) is 16.7 Å². The Morgan fingerprint density at radius 1 is 1.38 bits per heavy atom. The first kappa shape index (κ1) is 9.50. The average molecular weight is 180 g/mol. The van der Waals surface area contributed by atoms with E-state index in [1.54, 1.807) is 0 Å². The molecule has 2 rings (SSSR count). The molecule has 6 heteroatoms. The lowest BCUT2D eigenvalue weighted by Crippen LogP contribution is -2.08. The molecule has 0 atom stereocenters. The lowest BCUT2D eigenvalue weighted by atomic mass is 10.1. The number of aromatic amines is 2. The number of fused-ring (bicyclic) bond motifs is 1. The van der Waals surface area contributed by atoms with E-state index in [0.717, 1.165) is 0 Å². The number of H-pyrrole nitrogens is 2. The molecule has 0 aliphatic rings. The molecule has 0 spiro atoms. The summed E-state index contributed by atoms with van der Waals surface area (Å²) in [6.45, 7) is 4.00. The van der Waals surface area contributed by atoms with Gasteiger partial charge in [0.25, 0.3) is 0 Å². The Balaban J connectivity index is 0. The summed E-state index contributed by atoms with van der Waals surface area (Å²) in [5.41, 5.74) is 0.762. The quantitative estimate of drug-likeness (QED) is 0.558. The van der Waals surface area contributed by atoms with Gasteiger partial charge in [0.15, 0.2) is 11.3 Å². The zero-order valence-electron chi connectivity index (χ0n) is 7.46. The molecule has 0 saturated heterocycles. The maximum absolute atomic E-state index is 10.7. The van der Waals surface area contributed by atoms with Crippen LogP contribution in [0.2, 0.25) is 0 Å². The van der Waals surface area contributed by atoms with Crippen molar-refractivity contribution >= 4 is 24.7 Å². The summed E-state index contributed by atoms with van der Waals surface area (Å²) in [6, 6.07) is 0. The Morgan fingerprint density at radius 2 is 2.00 bits per heavy atom. The maximum Gasteiger partial charge on any atom is 0.326 e. The van der Waals surface area contributed by atoms with Gasteiger partial charge in [-0.3, -0.25) is 9.97 Å². The molecule has 2 aromatic heterocycles. The van der Waals surface area contributed by atoms with Crippen molar-refractivity contribution in [3.05, 3.63) is 16.7 Å². The molecule has 2 N–H and O–H groups in total. The van der Waals surface area contributed by atoms with E-state index in [2.05, 4.69) is 19.9 Å². The molecule has 0 aliphatic carbocycles. The molecule has 5 nitrogen and oxygen atoms in total. The van der Waals surface area contributed by atoms with Gasteiger partial charge in [0.2, 0.25) is 0 Å². The standard InChI is InChI=1S/C5H3BN4O.C2H6.2H2/c6-2-1-7-3-4(8-2)10-5(11)9-3;1-2;;/h1H,(H2,7,8,9,10,11);1-2H3;2*1H. The SMILES string of the molecule is CC.[B]c1cnc2[nH]c(=O)[nH]c2n1.[HH].[HH]. The molecule has 0 aliphatic heterocycles. The van der Waals surface area contributed by atoms with Crippen LogP contribution in [0.25, 0.3) is 11.3 Å². The summed E-state index contributed by atoms with van der Waals surface area (Å²) < 4.78 is 0. The van der Waals surface area contributed by atoms with E-state index < -0.39 is 0 Å². The third-order valence-corrected chi connectivity index (χ3v) is 1.25. The minimum absolute atomic E-state index is 0. The number of nitrogens with one attached hydrogen (secondary N) is 2. The van der Waals surface area contributed by atoms with Gasteiger partial charge in [-0.25, -0.2) is 14.8 Å². The molecular formula is C7H13BN4O. The molecule has 0 saturated carbocycles. The first-order chi connectivity index (χ1) is 6.25. The van der Waals surface area contributed by atoms with E-state index in [1.165, 1.54) is 6.20 Å². The van der Waals surface area contributed by atoms with E-state index >= 15 is 0 Å². The minimum atomic E-state index is -0.328. The first-order valence-electron chi connectivity index (χ1n) is 3.96. The van der Waals surface area contributed by atoms with Crippen molar-refractivity contribution in [3.8, 4) is 0 Å². The summed E-state index contributed by atoms with van der Waals surface area (Å²) in [5.74, 6) is 0. The number of hydrogen-bond donors (Lipinski definition) is 2. The second kappa shape index (κ2) is 3.89. The molecule has 0 fully saturated rings. The van der Waals surface area contributed by atoms with Gasteiger partial charge < -0.3 is 0 Å². The third-order valence-electron chi connectivity index (χ3n) is 1.25. The Labute approximate surface area is 79.0 Å². The van der Waals surface area contributed by atoms with Gasteiger partial charge in [-0.05, 0) is 0 Å². The van der Waals surface area contributed by atoms with Gasteiger partial charge in [-0.1, -0.05) is 13.8 Å². The molecule has 0 unspecified atom stereocenters. The van der Waals surface area contributed by atoms with Crippen LogP contribution in [0.5, 0.6) is 0 Å². The van der Waals surface area contributed by atoms with Crippen LogP contribution in [0, 0.1) is 0 Å². The van der Waals surface area contributed by atoms with E-state index in [1.807, 2.05) is 13.8 Å².